The fourth-order valence-electron chi connectivity index (χ4n) is 1.31. The van der Waals surface area contributed by atoms with Crippen LogP contribution in [0.1, 0.15) is 5.56 Å². The number of benzene rings is 1. The van der Waals surface area contributed by atoms with Crippen LogP contribution in [0.5, 0.6) is 0 Å². The molecule has 0 aliphatic heterocycles. The van der Waals surface area contributed by atoms with E-state index in [1.54, 1.807) is 12.1 Å². The number of carbonyl (C=O) groups is 2. The molecule has 0 atom stereocenters. The fraction of sp³-hybridized carbons (Fsp3) is 0.333. The van der Waals surface area contributed by atoms with E-state index in [1.165, 1.54) is 12.1 Å². The lowest BCUT2D eigenvalue weighted by molar-refractivity contribution is -0.125. The Morgan fingerprint density at radius 3 is 2.39 bits per heavy atom. The summed E-state index contributed by atoms with van der Waals surface area (Å²) in [6.45, 7) is 0.214. The lowest BCUT2D eigenvalue weighted by atomic mass is 10.1. The molecule has 5 nitrogen and oxygen atoms in total. The van der Waals surface area contributed by atoms with Crippen molar-refractivity contribution in [1.29, 1.82) is 0 Å². The molecule has 1 rings (SSSR count). The average molecular weight is 253 g/mol. The maximum atomic E-state index is 12.6. The molecule has 0 aromatic heterocycles. The van der Waals surface area contributed by atoms with Gasteiger partial charge in [0.25, 0.3) is 0 Å². The number of hydrogen-bond acceptors (Lipinski definition) is 3. The molecule has 1 aromatic carbocycles. The first kappa shape index (κ1) is 14.1. The number of nitrogens with one attached hydrogen (secondary N) is 2. The number of halogens is 1. The highest BCUT2D eigenvalue weighted by Gasteiger charge is 2.03. The van der Waals surface area contributed by atoms with Gasteiger partial charge in [0.1, 0.15) is 5.82 Å². The molecule has 0 unspecified atom stereocenters. The minimum atomic E-state index is -0.372. The zero-order valence-corrected chi connectivity index (χ0v) is 9.91. The second-order valence-corrected chi connectivity index (χ2v) is 3.71. The van der Waals surface area contributed by atoms with E-state index < -0.39 is 0 Å². The molecular formula is C12H16FN3O2. The van der Waals surface area contributed by atoms with Gasteiger partial charge in [-0.2, -0.15) is 0 Å². The van der Waals surface area contributed by atoms with Crippen LogP contribution in [-0.2, 0) is 16.0 Å². The first-order valence-electron chi connectivity index (χ1n) is 5.59. The minimum Gasteiger partial charge on any atom is -0.354 e. The first-order chi connectivity index (χ1) is 8.61. The molecule has 4 N–H and O–H groups in total. The molecule has 1 aromatic rings. The van der Waals surface area contributed by atoms with Gasteiger partial charge in [0.2, 0.25) is 11.8 Å². The van der Waals surface area contributed by atoms with Crippen molar-refractivity contribution in [3.63, 3.8) is 0 Å². The smallest absolute Gasteiger partial charge is 0.239 e. The van der Waals surface area contributed by atoms with Crippen molar-refractivity contribution in [2.24, 2.45) is 5.73 Å². The van der Waals surface area contributed by atoms with E-state index in [-0.39, 0.29) is 30.7 Å². The summed E-state index contributed by atoms with van der Waals surface area (Å²) in [4.78, 5) is 22.1. The molecule has 0 aliphatic rings. The van der Waals surface area contributed by atoms with Crippen molar-refractivity contribution in [3.8, 4) is 0 Å². The van der Waals surface area contributed by atoms with Crippen molar-refractivity contribution >= 4 is 11.8 Å². The maximum absolute atomic E-state index is 12.6. The Labute approximate surface area is 105 Å². The quantitative estimate of drug-likeness (QED) is 0.642. The minimum absolute atomic E-state index is 0.0839. The lowest BCUT2D eigenvalue weighted by Crippen LogP contribution is -2.40. The molecular weight excluding hydrogens is 237 g/mol. The van der Waals surface area contributed by atoms with Gasteiger partial charge >= 0.3 is 0 Å². The predicted octanol–water partition coefficient (Wildman–Crippen LogP) is -0.441. The zero-order valence-electron chi connectivity index (χ0n) is 9.91. The zero-order chi connectivity index (χ0) is 13.4. The van der Waals surface area contributed by atoms with Crippen LogP contribution in [0.25, 0.3) is 0 Å². The van der Waals surface area contributed by atoms with Crippen LogP contribution in [-0.4, -0.2) is 31.4 Å². The molecule has 2 amide bonds. The number of rotatable bonds is 6. The molecule has 98 valence electrons. The van der Waals surface area contributed by atoms with Crippen molar-refractivity contribution in [2.45, 2.75) is 6.42 Å². The second kappa shape index (κ2) is 7.39. The summed E-state index contributed by atoms with van der Waals surface area (Å²) >= 11 is 0. The second-order valence-electron chi connectivity index (χ2n) is 3.71. The number of amides is 2. The molecule has 0 radical (unpaired) electrons. The summed E-state index contributed by atoms with van der Waals surface area (Å²) in [7, 11) is 0. The third kappa shape index (κ3) is 5.40. The Morgan fingerprint density at radius 2 is 1.78 bits per heavy atom. The van der Waals surface area contributed by atoms with Gasteiger partial charge < -0.3 is 16.4 Å². The first-order valence-corrected chi connectivity index (χ1v) is 5.59. The SMILES string of the molecule is NCC(=O)NCC(=O)NCCc1ccc(F)cc1. The van der Waals surface area contributed by atoms with Crippen LogP contribution in [0.2, 0.25) is 0 Å². The van der Waals surface area contributed by atoms with E-state index >= 15 is 0 Å². The van der Waals surface area contributed by atoms with E-state index in [0.717, 1.165) is 5.56 Å². The molecule has 0 saturated carbocycles. The van der Waals surface area contributed by atoms with Crippen LogP contribution in [0.15, 0.2) is 24.3 Å². The number of carbonyl (C=O) groups excluding carboxylic acids is 2. The van der Waals surface area contributed by atoms with Crippen LogP contribution in [0.4, 0.5) is 4.39 Å². The monoisotopic (exact) mass is 253 g/mol. The van der Waals surface area contributed by atoms with E-state index in [4.69, 9.17) is 5.73 Å². The van der Waals surface area contributed by atoms with E-state index in [0.29, 0.717) is 13.0 Å². The predicted molar refractivity (Wildman–Crippen MR) is 65.2 cm³/mol. The van der Waals surface area contributed by atoms with Crippen molar-refractivity contribution in [2.75, 3.05) is 19.6 Å². The van der Waals surface area contributed by atoms with Crippen LogP contribution < -0.4 is 16.4 Å². The topological polar surface area (TPSA) is 84.2 Å². The summed E-state index contributed by atoms with van der Waals surface area (Å²) in [6.07, 6.45) is 0.608. The molecule has 0 fully saturated rings. The molecule has 0 aliphatic carbocycles. The molecule has 0 bridgehead atoms. The van der Waals surface area contributed by atoms with Gasteiger partial charge in [0.15, 0.2) is 0 Å². The summed E-state index contributed by atoms with van der Waals surface area (Å²) in [5.74, 6) is -0.935. The summed E-state index contributed by atoms with van der Waals surface area (Å²) in [6, 6.07) is 6.08. The van der Waals surface area contributed by atoms with E-state index in [9.17, 15) is 14.0 Å². The van der Waals surface area contributed by atoms with Gasteiger partial charge in [0, 0.05) is 6.54 Å². The average Bonchev–Trinajstić information content (AvgIpc) is 2.38. The van der Waals surface area contributed by atoms with Gasteiger partial charge in [-0.25, -0.2) is 4.39 Å². The van der Waals surface area contributed by atoms with E-state index in [2.05, 4.69) is 10.6 Å². The molecule has 0 heterocycles. The van der Waals surface area contributed by atoms with Gasteiger partial charge in [-0.3, -0.25) is 9.59 Å². The van der Waals surface area contributed by atoms with Crippen LogP contribution >= 0.6 is 0 Å². The Kier molecular flexibility index (Phi) is 5.79. The Balaban J connectivity index is 2.19. The standard InChI is InChI=1S/C12H16FN3O2/c13-10-3-1-9(2-4-10)5-6-15-12(18)8-16-11(17)7-14/h1-4H,5-8,14H2,(H,15,18)(H,16,17). The van der Waals surface area contributed by atoms with Gasteiger partial charge in [-0.1, -0.05) is 12.1 Å². The summed E-state index contributed by atoms with van der Waals surface area (Å²) in [5.41, 5.74) is 6.01. The normalized spacial score (nSPS) is 9.89. The third-order valence-corrected chi connectivity index (χ3v) is 2.28. The number of hydrogen-bond donors (Lipinski definition) is 3. The van der Waals surface area contributed by atoms with Crippen LogP contribution in [0, 0.1) is 5.82 Å². The highest BCUT2D eigenvalue weighted by Crippen LogP contribution is 2.02. The van der Waals surface area contributed by atoms with Crippen LogP contribution in [0.3, 0.4) is 0 Å². The third-order valence-electron chi connectivity index (χ3n) is 2.28. The molecule has 18 heavy (non-hydrogen) atoms. The Morgan fingerprint density at radius 1 is 1.11 bits per heavy atom. The van der Waals surface area contributed by atoms with Gasteiger partial charge in [-0.05, 0) is 24.1 Å². The molecule has 0 spiro atoms. The summed E-state index contributed by atoms with van der Waals surface area (Å²) < 4.78 is 12.6. The fourth-order valence-corrected chi connectivity index (χ4v) is 1.31. The largest absolute Gasteiger partial charge is 0.354 e. The van der Waals surface area contributed by atoms with E-state index in [1.807, 2.05) is 0 Å². The highest BCUT2D eigenvalue weighted by molar-refractivity contribution is 5.85. The van der Waals surface area contributed by atoms with Crippen molar-refractivity contribution in [1.82, 2.24) is 10.6 Å². The van der Waals surface area contributed by atoms with Gasteiger partial charge in [-0.15, -0.1) is 0 Å². The lowest BCUT2D eigenvalue weighted by Gasteiger charge is -2.06. The Hall–Kier alpha value is -1.95. The molecule has 6 heteroatoms. The maximum Gasteiger partial charge on any atom is 0.239 e. The van der Waals surface area contributed by atoms with Crippen molar-refractivity contribution in [3.05, 3.63) is 35.6 Å². The van der Waals surface area contributed by atoms with Crippen molar-refractivity contribution < 1.29 is 14.0 Å². The van der Waals surface area contributed by atoms with Gasteiger partial charge in [0.05, 0.1) is 13.1 Å². The highest BCUT2D eigenvalue weighted by atomic mass is 19.1. The number of nitrogens with two attached hydrogens (primary N) is 1. The Bertz CT molecular complexity index is 406. The molecule has 0 saturated heterocycles. The summed E-state index contributed by atoms with van der Waals surface area (Å²) in [5, 5.41) is 5.00.